The molecule has 2 saturated heterocycles. The van der Waals surface area contributed by atoms with E-state index in [0.29, 0.717) is 6.42 Å². The van der Waals surface area contributed by atoms with Crippen molar-refractivity contribution < 1.29 is 9.18 Å². The second-order valence-electron chi connectivity index (χ2n) is 5.13. The summed E-state index contributed by atoms with van der Waals surface area (Å²) in [5.41, 5.74) is 2.06. The Morgan fingerprint density at radius 1 is 1.44 bits per heavy atom. The summed E-state index contributed by atoms with van der Waals surface area (Å²) in [5, 5.41) is 3.47. The number of aryl methyl sites for hydroxylation is 1. The lowest BCUT2D eigenvalue weighted by atomic mass is 9.92. The second kappa shape index (κ2) is 4.35. The zero-order chi connectivity index (χ0) is 12.7. The third kappa shape index (κ3) is 1.81. The highest BCUT2D eigenvalue weighted by atomic mass is 19.1. The summed E-state index contributed by atoms with van der Waals surface area (Å²) in [5.74, 6) is 0.0534. The average Bonchev–Trinajstić information content (AvgIpc) is 2.72. The minimum atomic E-state index is -0.202. The van der Waals surface area contributed by atoms with Crippen LogP contribution in [0.5, 0.6) is 0 Å². The minimum absolute atomic E-state index is 0.144. The van der Waals surface area contributed by atoms with Crippen molar-refractivity contribution in [1.82, 2.24) is 10.2 Å². The van der Waals surface area contributed by atoms with E-state index in [-0.39, 0.29) is 23.8 Å². The molecule has 2 heterocycles. The van der Waals surface area contributed by atoms with Crippen molar-refractivity contribution in [2.45, 2.75) is 31.8 Å². The minimum Gasteiger partial charge on any atom is -0.337 e. The zero-order valence-electron chi connectivity index (χ0n) is 10.4. The van der Waals surface area contributed by atoms with Crippen molar-refractivity contribution >= 4 is 5.91 Å². The number of nitrogens with one attached hydrogen (secondary N) is 1. The van der Waals surface area contributed by atoms with E-state index in [0.717, 1.165) is 30.6 Å². The number of fused-ring (bicyclic) bond motifs is 1. The first-order valence-electron chi connectivity index (χ1n) is 6.46. The molecule has 96 valence electrons. The number of benzene rings is 1. The lowest BCUT2D eigenvalue weighted by molar-refractivity contribution is -0.130. The van der Waals surface area contributed by atoms with Crippen molar-refractivity contribution in [3.05, 3.63) is 35.1 Å². The molecule has 3 rings (SSSR count). The molecule has 2 aliphatic heterocycles. The monoisotopic (exact) mass is 248 g/mol. The van der Waals surface area contributed by atoms with Crippen LogP contribution in [0.2, 0.25) is 0 Å². The predicted octanol–water partition coefficient (Wildman–Crippen LogP) is 1.77. The largest absolute Gasteiger partial charge is 0.337 e. The van der Waals surface area contributed by atoms with E-state index in [1.165, 1.54) is 6.07 Å². The quantitative estimate of drug-likeness (QED) is 0.821. The molecule has 2 atom stereocenters. The molecule has 4 heteroatoms. The fourth-order valence-electron chi connectivity index (χ4n) is 3.17. The summed E-state index contributed by atoms with van der Waals surface area (Å²) >= 11 is 0. The molecule has 1 N–H and O–H groups in total. The molecule has 0 spiro atoms. The number of carbonyl (C=O) groups is 1. The van der Waals surface area contributed by atoms with Gasteiger partial charge in [0.15, 0.2) is 0 Å². The summed E-state index contributed by atoms with van der Waals surface area (Å²) in [4.78, 5) is 13.7. The Balaban J connectivity index is 1.93. The molecule has 0 saturated carbocycles. The number of hydrogen-bond donors (Lipinski definition) is 1. The van der Waals surface area contributed by atoms with Crippen LogP contribution in [0.15, 0.2) is 18.2 Å². The van der Waals surface area contributed by atoms with Gasteiger partial charge in [-0.2, -0.15) is 0 Å². The highest BCUT2D eigenvalue weighted by Gasteiger charge is 2.39. The van der Waals surface area contributed by atoms with E-state index < -0.39 is 0 Å². The average molecular weight is 248 g/mol. The fraction of sp³-hybridized carbons (Fsp3) is 0.500. The van der Waals surface area contributed by atoms with Crippen LogP contribution in [0.3, 0.4) is 0 Å². The molecule has 0 unspecified atom stereocenters. The number of halogens is 1. The lowest BCUT2D eigenvalue weighted by Crippen LogP contribution is -2.51. The summed E-state index contributed by atoms with van der Waals surface area (Å²) in [6.45, 7) is 3.53. The molecule has 18 heavy (non-hydrogen) atoms. The van der Waals surface area contributed by atoms with Gasteiger partial charge in [0.05, 0.1) is 12.1 Å². The van der Waals surface area contributed by atoms with E-state index in [4.69, 9.17) is 0 Å². The Labute approximate surface area is 106 Å². The second-order valence-corrected chi connectivity index (χ2v) is 5.13. The van der Waals surface area contributed by atoms with E-state index in [2.05, 4.69) is 5.32 Å². The molecule has 1 aromatic rings. The van der Waals surface area contributed by atoms with Crippen LogP contribution in [0.4, 0.5) is 4.39 Å². The maximum atomic E-state index is 13.2. The van der Waals surface area contributed by atoms with Crippen LogP contribution in [0.25, 0.3) is 0 Å². The third-order valence-corrected chi connectivity index (χ3v) is 4.04. The molecular weight excluding hydrogens is 231 g/mol. The highest BCUT2D eigenvalue weighted by molar-refractivity contribution is 5.79. The van der Waals surface area contributed by atoms with E-state index in [1.54, 1.807) is 6.07 Å². The number of piperazine rings is 1. The van der Waals surface area contributed by atoms with Crippen LogP contribution in [0.1, 0.15) is 30.0 Å². The molecule has 2 fully saturated rings. The van der Waals surface area contributed by atoms with Crippen molar-refractivity contribution in [2.24, 2.45) is 0 Å². The molecule has 2 aliphatic rings. The zero-order valence-corrected chi connectivity index (χ0v) is 10.4. The van der Waals surface area contributed by atoms with Crippen LogP contribution >= 0.6 is 0 Å². The normalized spacial score (nSPS) is 27.4. The van der Waals surface area contributed by atoms with Crippen LogP contribution < -0.4 is 5.32 Å². The molecule has 0 aromatic heterocycles. The predicted molar refractivity (Wildman–Crippen MR) is 66.6 cm³/mol. The Hall–Kier alpha value is -1.42. The van der Waals surface area contributed by atoms with Crippen LogP contribution in [-0.4, -0.2) is 29.9 Å². The SMILES string of the molecule is Cc1cc(F)ccc1[C@@H]1NCCN2C(=O)CC[C@@H]12. The fourth-order valence-corrected chi connectivity index (χ4v) is 3.17. The Morgan fingerprint density at radius 2 is 2.28 bits per heavy atom. The molecule has 3 nitrogen and oxygen atoms in total. The summed E-state index contributed by atoms with van der Waals surface area (Å²) in [6, 6.07) is 5.28. The van der Waals surface area contributed by atoms with E-state index in [1.807, 2.05) is 17.9 Å². The molecule has 1 amide bonds. The molecule has 0 radical (unpaired) electrons. The van der Waals surface area contributed by atoms with Gasteiger partial charge in [-0.1, -0.05) is 6.07 Å². The Morgan fingerprint density at radius 3 is 3.06 bits per heavy atom. The van der Waals surface area contributed by atoms with Gasteiger partial charge in [0.25, 0.3) is 0 Å². The molecule has 1 aromatic carbocycles. The summed E-state index contributed by atoms with van der Waals surface area (Å²) in [7, 11) is 0. The smallest absolute Gasteiger partial charge is 0.223 e. The Kier molecular flexibility index (Phi) is 2.82. The van der Waals surface area contributed by atoms with Crippen LogP contribution in [-0.2, 0) is 4.79 Å². The van der Waals surface area contributed by atoms with Gasteiger partial charge < -0.3 is 10.2 Å². The number of rotatable bonds is 1. The van der Waals surface area contributed by atoms with Gasteiger partial charge in [0, 0.05) is 19.5 Å². The van der Waals surface area contributed by atoms with Gasteiger partial charge in [-0.3, -0.25) is 4.79 Å². The lowest BCUT2D eigenvalue weighted by Gasteiger charge is -2.38. The number of nitrogens with zero attached hydrogens (tertiary/aromatic N) is 1. The third-order valence-electron chi connectivity index (χ3n) is 4.04. The van der Waals surface area contributed by atoms with Gasteiger partial charge in [0.2, 0.25) is 5.91 Å². The first-order valence-corrected chi connectivity index (χ1v) is 6.46. The number of amides is 1. The van der Waals surface area contributed by atoms with E-state index >= 15 is 0 Å². The molecule has 0 bridgehead atoms. The number of hydrogen-bond acceptors (Lipinski definition) is 2. The van der Waals surface area contributed by atoms with Crippen molar-refractivity contribution in [2.75, 3.05) is 13.1 Å². The summed E-state index contributed by atoms with van der Waals surface area (Å²) in [6.07, 6.45) is 1.54. The standard InChI is InChI=1S/C14H17FN2O/c1-9-8-10(15)2-3-11(9)14-12-4-5-13(18)17(12)7-6-16-14/h2-3,8,12,14,16H,4-7H2,1H3/t12-,14-/m0/s1. The summed E-state index contributed by atoms with van der Waals surface area (Å²) < 4.78 is 13.2. The maximum Gasteiger partial charge on any atom is 0.223 e. The van der Waals surface area contributed by atoms with Gasteiger partial charge in [-0.25, -0.2) is 4.39 Å². The number of carbonyl (C=O) groups excluding carboxylic acids is 1. The van der Waals surface area contributed by atoms with Gasteiger partial charge in [-0.15, -0.1) is 0 Å². The van der Waals surface area contributed by atoms with Crippen molar-refractivity contribution in [3.63, 3.8) is 0 Å². The first-order chi connectivity index (χ1) is 8.66. The van der Waals surface area contributed by atoms with Crippen molar-refractivity contribution in [3.8, 4) is 0 Å². The van der Waals surface area contributed by atoms with Gasteiger partial charge in [-0.05, 0) is 36.6 Å². The maximum absolute atomic E-state index is 13.2. The Bertz CT molecular complexity index is 489. The van der Waals surface area contributed by atoms with Gasteiger partial charge >= 0.3 is 0 Å². The molecule has 0 aliphatic carbocycles. The topological polar surface area (TPSA) is 32.3 Å². The molecular formula is C14H17FN2O. The first kappa shape index (κ1) is 11.7. The van der Waals surface area contributed by atoms with E-state index in [9.17, 15) is 9.18 Å². The van der Waals surface area contributed by atoms with Crippen molar-refractivity contribution in [1.29, 1.82) is 0 Å². The highest BCUT2D eigenvalue weighted by Crippen LogP contribution is 2.33. The van der Waals surface area contributed by atoms with Crippen LogP contribution in [0, 0.1) is 12.7 Å². The van der Waals surface area contributed by atoms with Gasteiger partial charge in [0.1, 0.15) is 5.82 Å².